The lowest BCUT2D eigenvalue weighted by atomic mass is 10.0. The summed E-state index contributed by atoms with van der Waals surface area (Å²) in [6.45, 7) is -0.0629. The van der Waals surface area contributed by atoms with Gasteiger partial charge in [-0.05, 0) is 35.9 Å². The molecule has 1 heterocycles. The summed E-state index contributed by atoms with van der Waals surface area (Å²) in [5.74, 6) is 0.429. The normalized spacial score (nSPS) is 11.6. The first-order valence-electron chi connectivity index (χ1n) is 7.86. The van der Waals surface area contributed by atoms with Gasteiger partial charge in [-0.15, -0.1) is 0 Å². The minimum Gasteiger partial charge on any atom is -0.484 e. The zero-order chi connectivity index (χ0) is 17.5. The minimum atomic E-state index is -0.319. The molecule has 0 bridgehead atoms. The lowest BCUT2D eigenvalue weighted by Gasteiger charge is -2.19. The third-order valence-corrected chi connectivity index (χ3v) is 4.08. The summed E-state index contributed by atoms with van der Waals surface area (Å²) in [6, 6.07) is 22.5. The maximum atomic E-state index is 12.4. The van der Waals surface area contributed by atoms with E-state index in [2.05, 4.69) is 26.2 Å². The molecule has 1 atom stereocenters. The van der Waals surface area contributed by atoms with Crippen LogP contribution in [-0.2, 0) is 4.79 Å². The topological polar surface area (TPSA) is 51.2 Å². The van der Waals surface area contributed by atoms with E-state index >= 15 is 0 Å². The molecule has 0 aliphatic carbocycles. The number of amides is 1. The molecule has 0 aliphatic heterocycles. The minimum absolute atomic E-state index is 0.0629. The Hall–Kier alpha value is -2.66. The highest BCUT2D eigenvalue weighted by Gasteiger charge is 2.18. The largest absolute Gasteiger partial charge is 0.484 e. The highest BCUT2D eigenvalue weighted by atomic mass is 79.9. The summed E-state index contributed by atoms with van der Waals surface area (Å²) in [5.41, 5.74) is 1.75. The second-order valence-electron chi connectivity index (χ2n) is 5.41. The Morgan fingerprint density at radius 3 is 2.56 bits per heavy atom. The number of carbonyl (C=O) groups excluding carboxylic acids is 1. The Labute approximate surface area is 155 Å². The fraction of sp³-hybridized carbons (Fsp3) is 0.100. The number of aromatic nitrogens is 1. The number of nitrogens with one attached hydrogen (secondary N) is 1. The van der Waals surface area contributed by atoms with E-state index < -0.39 is 0 Å². The van der Waals surface area contributed by atoms with E-state index in [4.69, 9.17) is 4.74 Å². The number of ether oxygens (including phenoxy) is 1. The quantitative estimate of drug-likeness (QED) is 0.681. The molecule has 2 aromatic carbocycles. The Morgan fingerprint density at radius 2 is 1.84 bits per heavy atom. The third-order valence-electron chi connectivity index (χ3n) is 3.59. The van der Waals surface area contributed by atoms with Gasteiger partial charge in [-0.1, -0.05) is 58.4 Å². The number of halogens is 1. The Kier molecular flexibility index (Phi) is 5.80. The first-order chi connectivity index (χ1) is 12.2. The van der Waals surface area contributed by atoms with Crippen LogP contribution in [0.25, 0.3) is 0 Å². The van der Waals surface area contributed by atoms with E-state index in [-0.39, 0.29) is 18.6 Å². The Morgan fingerprint density at radius 1 is 1.04 bits per heavy atom. The second-order valence-corrected chi connectivity index (χ2v) is 6.33. The number of rotatable bonds is 6. The number of pyridine rings is 1. The zero-order valence-electron chi connectivity index (χ0n) is 13.4. The van der Waals surface area contributed by atoms with Gasteiger partial charge in [0.15, 0.2) is 6.61 Å². The van der Waals surface area contributed by atoms with Crippen molar-refractivity contribution >= 4 is 21.8 Å². The summed E-state index contributed by atoms with van der Waals surface area (Å²) < 4.78 is 6.46. The van der Waals surface area contributed by atoms with Crippen molar-refractivity contribution in [1.29, 1.82) is 0 Å². The molecule has 1 amide bonds. The molecule has 0 saturated heterocycles. The monoisotopic (exact) mass is 396 g/mol. The SMILES string of the molecule is O=C(COc1cccc(Br)c1)NC(c1ccccc1)c1ccccn1. The summed E-state index contributed by atoms with van der Waals surface area (Å²) >= 11 is 3.38. The molecule has 1 unspecified atom stereocenters. The second kappa shape index (κ2) is 8.44. The molecule has 4 nitrogen and oxygen atoms in total. The third kappa shape index (κ3) is 4.90. The maximum Gasteiger partial charge on any atom is 0.258 e. The van der Waals surface area contributed by atoms with Gasteiger partial charge < -0.3 is 10.1 Å². The van der Waals surface area contributed by atoms with Crippen LogP contribution >= 0.6 is 15.9 Å². The molecule has 3 rings (SSSR count). The van der Waals surface area contributed by atoms with E-state index in [1.807, 2.05) is 72.8 Å². The van der Waals surface area contributed by atoms with Gasteiger partial charge in [-0.3, -0.25) is 9.78 Å². The van der Waals surface area contributed by atoms with E-state index in [9.17, 15) is 4.79 Å². The molecule has 5 heteroatoms. The van der Waals surface area contributed by atoms with Crippen LogP contribution in [0.2, 0.25) is 0 Å². The zero-order valence-corrected chi connectivity index (χ0v) is 15.0. The van der Waals surface area contributed by atoms with Crippen molar-refractivity contribution in [2.24, 2.45) is 0 Å². The summed E-state index contributed by atoms with van der Waals surface area (Å²) in [5, 5.41) is 3.00. The van der Waals surface area contributed by atoms with Gasteiger partial charge >= 0.3 is 0 Å². The molecule has 0 radical (unpaired) electrons. The van der Waals surface area contributed by atoms with E-state index in [0.29, 0.717) is 5.75 Å². The number of hydrogen-bond acceptors (Lipinski definition) is 3. The van der Waals surface area contributed by atoms with Crippen molar-refractivity contribution in [2.75, 3.05) is 6.61 Å². The van der Waals surface area contributed by atoms with Crippen molar-refractivity contribution in [3.05, 3.63) is 94.7 Å². The van der Waals surface area contributed by atoms with Crippen LogP contribution in [0.5, 0.6) is 5.75 Å². The van der Waals surface area contributed by atoms with Crippen molar-refractivity contribution < 1.29 is 9.53 Å². The van der Waals surface area contributed by atoms with Gasteiger partial charge in [0.1, 0.15) is 5.75 Å². The van der Waals surface area contributed by atoms with Gasteiger partial charge in [0, 0.05) is 10.7 Å². The first kappa shape index (κ1) is 17.2. The van der Waals surface area contributed by atoms with Gasteiger partial charge in [0.05, 0.1) is 11.7 Å². The fourth-order valence-corrected chi connectivity index (χ4v) is 2.81. The molecule has 0 saturated carbocycles. The molecule has 25 heavy (non-hydrogen) atoms. The van der Waals surface area contributed by atoms with Gasteiger partial charge in [-0.2, -0.15) is 0 Å². The molecule has 1 N–H and O–H groups in total. The fourth-order valence-electron chi connectivity index (χ4n) is 2.43. The standard InChI is InChI=1S/C20H17BrN2O2/c21-16-9-6-10-17(13-16)25-14-19(24)23-20(15-7-2-1-3-8-15)18-11-4-5-12-22-18/h1-13,20H,14H2,(H,23,24). The van der Waals surface area contributed by atoms with Crippen LogP contribution in [0.3, 0.4) is 0 Å². The highest BCUT2D eigenvalue weighted by Crippen LogP contribution is 2.20. The van der Waals surface area contributed by atoms with Crippen LogP contribution < -0.4 is 10.1 Å². The number of nitrogens with zero attached hydrogens (tertiary/aromatic N) is 1. The maximum absolute atomic E-state index is 12.4. The Balaban J connectivity index is 1.71. The predicted octanol–water partition coefficient (Wildman–Crippen LogP) is 4.13. The van der Waals surface area contributed by atoms with Crippen molar-refractivity contribution in [3.8, 4) is 5.75 Å². The van der Waals surface area contributed by atoms with Crippen LogP contribution in [0.1, 0.15) is 17.3 Å². The molecule has 3 aromatic rings. The number of hydrogen-bond donors (Lipinski definition) is 1. The van der Waals surface area contributed by atoms with Gasteiger partial charge in [0.2, 0.25) is 0 Å². The Bertz CT molecular complexity index is 786. The van der Waals surface area contributed by atoms with E-state index in [1.54, 1.807) is 6.20 Å². The molecule has 126 valence electrons. The molecular formula is C20H17BrN2O2. The summed E-state index contributed by atoms with van der Waals surface area (Å²) in [4.78, 5) is 16.8. The highest BCUT2D eigenvalue weighted by molar-refractivity contribution is 9.10. The lowest BCUT2D eigenvalue weighted by Crippen LogP contribution is -2.33. The first-order valence-corrected chi connectivity index (χ1v) is 8.65. The molecular weight excluding hydrogens is 380 g/mol. The lowest BCUT2D eigenvalue weighted by molar-refractivity contribution is -0.123. The van der Waals surface area contributed by atoms with E-state index in [0.717, 1.165) is 15.7 Å². The van der Waals surface area contributed by atoms with Crippen LogP contribution in [0.15, 0.2) is 83.5 Å². The van der Waals surface area contributed by atoms with Gasteiger partial charge in [0.25, 0.3) is 5.91 Å². The van der Waals surface area contributed by atoms with Crippen molar-refractivity contribution in [2.45, 2.75) is 6.04 Å². The van der Waals surface area contributed by atoms with Crippen molar-refractivity contribution in [3.63, 3.8) is 0 Å². The smallest absolute Gasteiger partial charge is 0.258 e. The van der Waals surface area contributed by atoms with Crippen LogP contribution in [0, 0.1) is 0 Å². The molecule has 0 fully saturated rings. The molecule has 0 spiro atoms. The van der Waals surface area contributed by atoms with Crippen LogP contribution in [0.4, 0.5) is 0 Å². The van der Waals surface area contributed by atoms with Crippen LogP contribution in [-0.4, -0.2) is 17.5 Å². The number of benzene rings is 2. The summed E-state index contributed by atoms with van der Waals surface area (Å²) in [7, 11) is 0. The van der Waals surface area contributed by atoms with Crippen molar-refractivity contribution in [1.82, 2.24) is 10.3 Å². The average molecular weight is 397 g/mol. The van der Waals surface area contributed by atoms with E-state index in [1.165, 1.54) is 0 Å². The average Bonchev–Trinajstić information content (AvgIpc) is 2.66. The molecule has 1 aromatic heterocycles. The molecule has 0 aliphatic rings. The van der Waals surface area contributed by atoms with Gasteiger partial charge in [-0.25, -0.2) is 0 Å². The number of carbonyl (C=O) groups is 1. The summed E-state index contributed by atoms with van der Waals surface area (Å²) in [6.07, 6.45) is 1.72. The predicted molar refractivity (Wildman–Crippen MR) is 100 cm³/mol.